The molecule has 1 N–H and O–H groups in total. The normalized spacial score (nSPS) is 23.3. The Balaban J connectivity index is 2.36. The number of rotatable bonds is 0. The highest BCUT2D eigenvalue weighted by Gasteiger charge is 2.17. The van der Waals surface area contributed by atoms with Crippen LogP contribution in [0.1, 0.15) is 17.9 Å². The van der Waals surface area contributed by atoms with Gasteiger partial charge in [0.2, 0.25) is 0 Å². The van der Waals surface area contributed by atoms with Crippen LogP contribution in [0.15, 0.2) is 6.20 Å². The van der Waals surface area contributed by atoms with Gasteiger partial charge >= 0.3 is 0 Å². The van der Waals surface area contributed by atoms with Crippen LogP contribution in [0.3, 0.4) is 0 Å². The summed E-state index contributed by atoms with van der Waals surface area (Å²) in [6, 6.07) is 0. The Morgan fingerprint density at radius 3 is 3.36 bits per heavy atom. The van der Waals surface area contributed by atoms with E-state index in [9.17, 15) is 5.11 Å². The number of imidazole rings is 1. The molecule has 3 nitrogen and oxygen atoms in total. The van der Waals surface area contributed by atoms with Crippen molar-refractivity contribution in [3.8, 4) is 0 Å². The predicted molar refractivity (Wildman–Crippen MR) is 41.3 cm³/mol. The average molecular weight is 152 g/mol. The van der Waals surface area contributed by atoms with Crippen LogP contribution in [-0.4, -0.2) is 20.8 Å². The molecule has 0 radical (unpaired) electrons. The molecule has 1 unspecified atom stereocenters. The summed E-state index contributed by atoms with van der Waals surface area (Å²) in [6.45, 7) is 2.92. The highest BCUT2D eigenvalue weighted by atomic mass is 16.3. The maximum Gasteiger partial charge on any atom is 0.105 e. The highest BCUT2D eigenvalue weighted by Crippen LogP contribution is 2.15. The van der Waals surface area contributed by atoms with Crippen LogP contribution in [0, 0.1) is 6.92 Å². The third kappa shape index (κ3) is 1.05. The van der Waals surface area contributed by atoms with Crippen molar-refractivity contribution >= 4 is 0 Å². The van der Waals surface area contributed by atoms with E-state index in [1.165, 1.54) is 5.69 Å². The lowest BCUT2D eigenvalue weighted by molar-refractivity contribution is 0.143. The van der Waals surface area contributed by atoms with Gasteiger partial charge in [0.05, 0.1) is 6.10 Å². The fourth-order valence-corrected chi connectivity index (χ4v) is 1.61. The second kappa shape index (κ2) is 2.34. The molecule has 3 heteroatoms. The number of aryl methyl sites for hydroxylation is 1. The molecule has 0 bridgehead atoms. The number of hydrogen-bond acceptors (Lipinski definition) is 2. The van der Waals surface area contributed by atoms with Crippen molar-refractivity contribution in [3.05, 3.63) is 17.7 Å². The van der Waals surface area contributed by atoms with E-state index >= 15 is 0 Å². The van der Waals surface area contributed by atoms with Crippen LogP contribution < -0.4 is 0 Å². The first-order valence-corrected chi connectivity index (χ1v) is 3.96. The zero-order valence-corrected chi connectivity index (χ0v) is 6.62. The van der Waals surface area contributed by atoms with Gasteiger partial charge in [0, 0.05) is 24.9 Å². The lowest BCUT2D eigenvalue weighted by Gasteiger charge is -2.20. The van der Waals surface area contributed by atoms with E-state index in [-0.39, 0.29) is 6.10 Å². The SMILES string of the molecule is Cc1ncc2n1CCC(O)C2. The fraction of sp³-hybridized carbons (Fsp3) is 0.625. The Morgan fingerprint density at radius 2 is 2.55 bits per heavy atom. The molecule has 0 fully saturated rings. The highest BCUT2D eigenvalue weighted by molar-refractivity contribution is 5.08. The number of aliphatic hydroxyl groups excluding tert-OH is 1. The van der Waals surface area contributed by atoms with Crippen molar-refractivity contribution in [3.63, 3.8) is 0 Å². The van der Waals surface area contributed by atoms with Gasteiger partial charge in [-0.05, 0) is 13.3 Å². The standard InChI is InChI=1S/C8H12N2O/c1-6-9-5-7-4-8(11)2-3-10(6)7/h5,8,11H,2-4H2,1H3. The van der Waals surface area contributed by atoms with Gasteiger partial charge < -0.3 is 9.67 Å². The summed E-state index contributed by atoms with van der Waals surface area (Å²) in [6.07, 6.45) is 3.33. The van der Waals surface area contributed by atoms with Gasteiger partial charge in [-0.25, -0.2) is 4.98 Å². The fourth-order valence-electron chi connectivity index (χ4n) is 1.61. The molecule has 0 amide bonds. The summed E-state index contributed by atoms with van der Waals surface area (Å²) < 4.78 is 2.17. The Morgan fingerprint density at radius 1 is 1.73 bits per heavy atom. The molecule has 1 aromatic rings. The summed E-state index contributed by atoms with van der Waals surface area (Å²) in [7, 11) is 0. The van der Waals surface area contributed by atoms with Crippen LogP contribution in [0.5, 0.6) is 0 Å². The molecule has 0 spiro atoms. The van der Waals surface area contributed by atoms with E-state index in [4.69, 9.17) is 0 Å². The zero-order valence-electron chi connectivity index (χ0n) is 6.62. The van der Waals surface area contributed by atoms with E-state index in [2.05, 4.69) is 9.55 Å². The molecule has 60 valence electrons. The largest absolute Gasteiger partial charge is 0.393 e. The molecule has 2 heterocycles. The average Bonchev–Trinajstić information content (AvgIpc) is 2.32. The summed E-state index contributed by atoms with van der Waals surface area (Å²) in [5.41, 5.74) is 1.17. The Labute approximate surface area is 65.7 Å². The third-order valence-corrected chi connectivity index (χ3v) is 2.27. The predicted octanol–water partition coefficient (Wildman–Crippen LogP) is 0.499. The van der Waals surface area contributed by atoms with Crippen molar-refractivity contribution in [2.75, 3.05) is 0 Å². The minimum Gasteiger partial charge on any atom is -0.393 e. The molecule has 0 aromatic carbocycles. The molecule has 2 rings (SSSR count). The van der Waals surface area contributed by atoms with Gasteiger partial charge in [0.25, 0.3) is 0 Å². The smallest absolute Gasteiger partial charge is 0.105 e. The number of hydrogen-bond donors (Lipinski definition) is 1. The molecule has 1 aliphatic rings. The summed E-state index contributed by atoms with van der Waals surface area (Å²) >= 11 is 0. The topological polar surface area (TPSA) is 38.0 Å². The lowest BCUT2D eigenvalue weighted by atomic mass is 10.1. The molecule has 0 aliphatic carbocycles. The van der Waals surface area contributed by atoms with Crippen LogP contribution >= 0.6 is 0 Å². The van der Waals surface area contributed by atoms with Gasteiger partial charge in [-0.2, -0.15) is 0 Å². The van der Waals surface area contributed by atoms with E-state index in [1.807, 2.05) is 13.1 Å². The number of fused-ring (bicyclic) bond motifs is 1. The Hall–Kier alpha value is -0.830. The van der Waals surface area contributed by atoms with E-state index < -0.39 is 0 Å². The lowest BCUT2D eigenvalue weighted by Crippen LogP contribution is -2.23. The Kier molecular flexibility index (Phi) is 1.46. The molecule has 0 saturated heterocycles. The van der Waals surface area contributed by atoms with E-state index in [1.54, 1.807) is 0 Å². The first kappa shape index (κ1) is 6.85. The van der Waals surface area contributed by atoms with Crippen LogP contribution in [0.25, 0.3) is 0 Å². The summed E-state index contributed by atoms with van der Waals surface area (Å²) in [5, 5.41) is 9.32. The third-order valence-electron chi connectivity index (χ3n) is 2.27. The second-order valence-corrected chi connectivity index (χ2v) is 3.10. The molecular formula is C8H12N2O. The van der Waals surface area contributed by atoms with Crippen LogP contribution in [-0.2, 0) is 13.0 Å². The number of nitrogens with zero attached hydrogens (tertiary/aromatic N) is 2. The number of aromatic nitrogens is 2. The zero-order chi connectivity index (χ0) is 7.84. The molecule has 1 aliphatic heterocycles. The maximum absolute atomic E-state index is 9.32. The minimum atomic E-state index is -0.154. The van der Waals surface area contributed by atoms with Crippen molar-refractivity contribution in [1.29, 1.82) is 0 Å². The first-order chi connectivity index (χ1) is 5.27. The molecule has 1 atom stereocenters. The second-order valence-electron chi connectivity index (χ2n) is 3.10. The maximum atomic E-state index is 9.32. The van der Waals surface area contributed by atoms with Crippen molar-refractivity contribution in [2.24, 2.45) is 0 Å². The van der Waals surface area contributed by atoms with E-state index in [0.29, 0.717) is 0 Å². The molecular weight excluding hydrogens is 140 g/mol. The van der Waals surface area contributed by atoms with Gasteiger partial charge in [-0.3, -0.25) is 0 Å². The molecule has 0 saturated carbocycles. The van der Waals surface area contributed by atoms with Crippen LogP contribution in [0.4, 0.5) is 0 Å². The quantitative estimate of drug-likeness (QED) is 0.587. The van der Waals surface area contributed by atoms with Gasteiger partial charge in [-0.15, -0.1) is 0 Å². The summed E-state index contributed by atoms with van der Waals surface area (Å²) in [5.74, 6) is 1.06. The van der Waals surface area contributed by atoms with E-state index in [0.717, 1.165) is 25.2 Å². The van der Waals surface area contributed by atoms with Gasteiger partial charge in [0.15, 0.2) is 0 Å². The van der Waals surface area contributed by atoms with Crippen molar-refractivity contribution < 1.29 is 5.11 Å². The van der Waals surface area contributed by atoms with Gasteiger partial charge in [0.1, 0.15) is 5.82 Å². The molecule has 1 aromatic heterocycles. The number of aliphatic hydroxyl groups is 1. The monoisotopic (exact) mass is 152 g/mol. The summed E-state index contributed by atoms with van der Waals surface area (Å²) in [4.78, 5) is 4.18. The van der Waals surface area contributed by atoms with Gasteiger partial charge in [-0.1, -0.05) is 0 Å². The van der Waals surface area contributed by atoms with Crippen LogP contribution in [0.2, 0.25) is 0 Å². The Bertz CT molecular complexity index is 267. The molecule has 11 heavy (non-hydrogen) atoms. The minimum absolute atomic E-state index is 0.154. The van der Waals surface area contributed by atoms with Crippen molar-refractivity contribution in [2.45, 2.75) is 32.4 Å². The van der Waals surface area contributed by atoms with Crippen molar-refractivity contribution in [1.82, 2.24) is 9.55 Å². The first-order valence-electron chi connectivity index (χ1n) is 3.96.